The van der Waals surface area contributed by atoms with Gasteiger partial charge in [0.25, 0.3) is 0 Å². The van der Waals surface area contributed by atoms with Crippen molar-refractivity contribution < 1.29 is 0 Å². The number of fused-ring (bicyclic) bond motifs is 1. The molecule has 0 saturated carbocycles. The molecule has 1 aliphatic rings. The minimum atomic E-state index is 0.000910. The van der Waals surface area contributed by atoms with Gasteiger partial charge in [0.2, 0.25) is 5.56 Å². The van der Waals surface area contributed by atoms with Gasteiger partial charge in [0.15, 0.2) is 0 Å². The Bertz CT molecular complexity index is 672. The van der Waals surface area contributed by atoms with Gasteiger partial charge >= 0.3 is 0 Å². The number of hydrogen-bond donors (Lipinski definition) is 2. The van der Waals surface area contributed by atoms with Crippen LogP contribution in [0.3, 0.4) is 0 Å². The van der Waals surface area contributed by atoms with E-state index in [4.69, 9.17) is 0 Å². The van der Waals surface area contributed by atoms with E-state index in [1.165, 1.54) is 16.7 Å². The van der Waals surface area contributed by atoms with Gasteiger partial charge in [0, 0.05) is 23.8 Å². The number of pyridine rings is 1. The van der Waals surface area contributed by atoms with Crippen LogP contribution in [0, 0.1) is 6.92 Å². The third kappa shape index (κ3) is 3.08. The summed E-state index contributed by atoms with van der Waals surface area (Å²) in [5, 5.41) is 3.71. The van der Waals surface area contributed by atoms with E-state index in [-0.39, 0.29) is 5.56 Å². The second-order valence-electron chi connectivity index (χ2n) is 6.00. The average Bonchev–Trinajstić information content (AvgIpc) is 2.47. The van der Waals surface area contributed by atoms with Gasteiger partial charge in [-0.3, -0.25) is 4.79 Å². The standard InChI is InChI=1S/C18H22N2O/c1-12-6-8-14(9-7-12)13(2)19-16-4-3-5-17-15(16)10-11-18(21)20-17/h6-11,13,16,19H,3-5H2,1-2H3,(H,20,21)/t13-,16?/m0/s1. The quantitative estimate of drug-likeness (QED) is 0.906. The van der Waals surface area contributed by atoms with Gasteiger partial charge in [-0.15, -0.1) is 0 Å². The van der Waals surface area contributed by atoms with Gasteiger partial charge in [0.1, 0.15) is 0 Å². The Morgan fingerprint density at radius 1 is 1.19 bits per heavy atom. The fourth-order valence-corrected chi connectivity index (χ4v) is 3.13. The molecule has 1 aromatic heterocycles. The fraction of sp³-hybridized carbons (Fsp3) is 0.389. The van der Waals surface area contributed by atoms with E-state index in [0.29, 0.717) is 12.1 Å². The second kappa shape index (κ2) is 5.86. The zero-order valence-corrected chi connectivity index (χ0v) is 12.6. The SMILES string of the molecule is Cc1ccc([C@H](C)NC2CCCc3[nH]c(=O)ccc32)cc1. The topological polar surface area (TPSA) is 44.9 Å². The first-order chi connectivity index (χ1) is 10.1. The molecular weight excluding hydrogens is 260 g/mol. The van der Waals surface area contributed by atoms with Gasteiger partial charge in [-0.1, -0.05) is 35.9 Å². The van der Waals surface area contributed by atoms with Crippen LogP contribution >= 0.6 is 0 Å². The molecule has 1 aromatic carbocycles. The summed E-state index contributed by atoms with van der Waals surface area (Å²) in [7, 11) is 0. The number of aromatic amines is 1. The van der Waals surface area contributed by atoms with E-state index in [1.807, 2.05) is 6.07 Å². The van der Waals surface area contributed by atoms with Crippen molar-refractivity contribution in [1.29, 1.82) is 0 Å². The lowest BCUT2D eigenvalue weighted by molar-refractivity contribution is 0.411. The Morgan fingerprint density at radius 3 is 2.71 bits per heavy atom. The maximum absolute atomic E-state index is 11.4. The zero-order chi connectivity index (χ0) is 14.8. The summed E-state index contributed by atoms with van der Waals surface area (Å²) in [6.45, 7) is 4.31. The molecule has 3 nitrogen and oxygen atoms in total. The van der Waals surface area contributed by atoms with Crippen molar-refractivity contribution in [2.24, 2.45) is 0 Å². The van der Waals surface area contributed by atoms with Crippen LogP contribution < -0.4 is 10.9 Å². The van der Waals surface area contributed by atoms with Crippen molar-refractivity contribution in [3.63, 3.8) is 0 Å². The van der Waals surface area contributed by atoms with Crippen LogP contribution in [0.5, 0.6) is 0 Å². The number of hydrogen-bond acceptors (Lipinski definition) is 2. The molecule has 2 aromatic rings. The van der Waals surface area contributed by atoms with Gasteiger partial charge in [-0.05, 0) is 44.2 Å². The summed E-state index contributed by atoms with van der Waals surface area (Å²) in [4.78, 5) is 14.4. The highest BCUT2D eigenvalue weighted by Gasteiger charge is 2.22. The van der Waals surface area contributed by atoms with E-state index in [0.717, 1.165) is 25.0 Å². The molecule has 0 fully saturated rings. The van der Waals surface area contributed by atoms with Crippen LogP contribution in [-0.2, 0) is 6.42 Å². The summed E-state index contributed by atoms with van der Waals surface area (Å²) < 4.78 is 0. The van der Waals surface area contributed by atoms with E-state index in [2.05, 4.69) is 48.4 Å². The Labute approximate surface area is 125 Å². The average molecular weight is 282 g/mol. The highest BCUT2D eigenvalue weighted by Crippen LogP contribution is 2.30. The second-order valence-corrected chi connectivity index (χ2v) is 6.00. The number of H-pyrrole nitrogens is 1. The molecule has 0 saturated heterocycles. The fourth-order valence-electron chi connectivity index (χ4n) is 3.13. The Morgan fingerprint density at radius 2 is 1.95 bits per heavy atom. The van der Waals surface area contributed by atoms with E-state index in [9.17, 15) is 4.79 Å². The van der Waals surface area contributed by atoms with Gasteiger partial charge in [-0.2, -0.15) is 0 Å². The number of nitrogens with one attached hydrogen (secondary N) is 2. The molecule has 2 atom stereocenters. The normalized spacial score (nSPS) is 19.0. The molecule has 1 heterocycles. The molecule has 0 amide bonds. The Hall–Kier alpha value is -1.87. The van der Waals surface area contributed by atoms with Crippen molar-refractivity contribution in [2.75, 3.05) is 0 Å². The van der Waals surface area contributed by atoms with Crippen molar-refractivity contribution in [3.05, 3.63) is 69.1 Å². The predicted octanol–water partition coefficient (Wildman–Crippen LogP) is 3.41. The van der Waals surface area contributed by atoms with Crippen LogP contribution in [0.1, 0.15) is 54.2 Å². The number of benzene rings is 1. The zero-order valence-electron chi connectivity index (χ0n) is 12.6. The van der Waals surface area contributed by atoms with Crippen LogP contribution in [0.25, 0.3) is 0 Å². The maximum atomic E-state index is 11.4. The number of aryl methyl sites for hydroxylation is 2. The first kappa shape index (κ1) is 14.1. The monoisotopic (exact) mass is 282 g/mol. The van der Waals surface area contributed by atoms with E-state index in [1.54, 1.807) is 6.07 Å². The predicted molar refractivity (Wildman–Crippen MR) is 85.5 cm³/mol. The smallest absolute Gasteiger partial charge is 0.248 e. The summed E-state index contributed by atoms with van der Waals surface area (Å²) in [5.74, 6) is 0. The lowest BCUT2D eigenvalue weighted by Gasteiger charge is -2.29. The molecule has 0 spiro atoms. The summed E-state index contributed by atoms with van der Waals surface area (Å²) >= 11 is 0. The Kier molecular flexibility index (Phi) is 3.93. The van der Waals surface area contributed by atoms with Gasteiger partial charge in [0.05, 0.1) is 0 Å². The van der Waals surface area contributed by atoms with Gasteiger partial charge < -0.3 is 10.3 Å². The molecule has 21 heavy (non-hydrogen) atoms. The van der Waals surface area contributed by atoms with Crippen molar-refractivity contribution in [3.8, 4) is 0 Å². The molecule has 3 heteroatoms. The number of aromatic nitrogens is 1. The van der Waals surface area contributed by atoms with Crippen LogP contribution in [0.2, 0.25) is 0 Å². The largest absolute Gasteiger partial charge is 0.326 e. The Balaban J connectivity index is 1.80. The number of rotatable bonds is 3. The van der Waals surface area contributed by atoms with Crippen molar-refractivity contribution in [1.82, 2.24) is 10.3 Å². The highest BCUT2D eigenvalue weighted by atomic mass is 16.1. The first-order valence-corrected chi connectivity index (χ1v) is 7.68. The molecule has 3 rings (SSSR count). The molecule has 110 valence electrons. The minimum absolute atomic E-state index is 0.000910. The third-order valence-corrected chi connectivity index (χ3v) is 4.36. The summed E-state index contributed by atoms with van der Waals surface area (Å²) in [5.41, 5.74) is 4.94. The molecule has 0 aliphatic heterocycles. The molecular formula is C18H22N2O. The van der Waals surface area contributed by atoms with Gasteiger partial charge in [-0.25, -0.2) is 0 Å². The van der Waals surface area contributed by atoms with Crippen molar-refractivity contribution >= 4 is 0 Å². The molecule has 1 unspecified atom stereocenters. The van der Waals surface area contributed by atoms with E-state index >= 15 is 0 Å². The molecule has 2 N–H and O–H groups in total. The van der Waals surface area contributed by atoms with E-state index < -0.39 is 0 Å². The molecule has 0 radical (unpaired) electrons. The molecule has 0 bridgehead atoms. The lowest BCUT2D eigenvalue weighted by atomic mass is 9.90. The minimum Gasteiger partial charge on any atom is -0.326 e. The first-order valence-electron chi connectivity index (χ1n) is 7.68. The third-order valence-electron chi connectivity index (χ3n) is 4.36. The lowest BCUT2D eigenvalue weighted by Crippen LogP contribution is -2.29. The maximum Gasteiger partial charge on any atom is 0.248 e. The summed E-state index contributed by atoms with van der Waals surface area (Å²) in [6.07, 6.45) is 3.21. The van der Waals surface area contributed by atoms with Crippen molar-refractivity contribution in [2.45, 2.75) is 45.2 Å². The van der Waals surface area contributed by atoms with Crippen LogP contribution in [0.4, 0.5) is 0 Å². The van der Waals surface area contributed by atoms with Crippen LogP contribution in [-0.4, -0.2) is 4.98 Å². The highest BCUT2D eigenvalue weighted by molar-refractivity contribution is 5.28. The molecule has 1 aliphatic carbocycles. The van der Waals surface area contributed by atoms with Crippen LogP contribution in [0.15, 0.2) is 41.2 Å². The summed E-state index contributed by atoms with van der Waals surface area (Å²) in [6, 6.07) is 12.9.